The zero-order valence-corrected chi connectivity index (χ0v) is 10.7. The van der Waals surface area contributed by atoms with Crippen LogP contribution in [0.2, 0.25) is 0 Å². The average molecular weight is 267 g/mol. The van der Waals surface area contributed by atoms with E-state index in [2.05, 4.69) is 12.6 Å². The lowest BCUT2D eigenvalue weighted by Gasteiger charge is -2.19. The van der Waals surface area contributed by atoms with Crippen LogP contribution in [0.1, 0.15) is 16.8 Å². The monoisotopic (exact) mass is 267 g/mol. The SMILES string of the molecule is COc1ccc(C(=O)O)cc1N1CC(S)CC1=O. The lowest BCUT2D eigenvalue weighted by atomic mass is 10.1. The van der Waals surface area contributed by atoms with Crippen LogP contribution in [0.3, 0.4) is 0 Å². The van der Waals surface area contributed by atoms with Crippen LogP contribution in [0.4, 0.5) is 5.69 Å². The van der Waals surface area contributed by atoms with Crippen molar-refractivity contribution in [3.05, 3.63) is 23.8 Å². The molecule has 0 spiro atoms. The van der Waals surface area contributed by atoms with Gasteiger partial charge in [-0.1, -0.05) is 0 Å². The van der Waals surface area contributed by atoms with Crippen molar-refractivity contribution in [2.75, 3.05) is 18.6 Å². The van der Waals surface area contributed by atoms with Gasteiger partial charge in [-0.3, -0.25) is 4.79 Å². The Bertz CT molecular complexity index is 503. The molecule has 0 aromatic heterocycles. The van der Waals surface area contributed by atoms with E-state index in [-0.39, 0.29) is 16.7 Å². The van der Waals surface area contributed by atoms with Gasteiger partial charge in [0.05, 0.1) is 18.4 Å². The van der Waals surface area contributed by atoms with Gasteiger partial charge in [-0.2, -0.15) is 12.6 Å². The largest absolute Gasteiger partial charge is 0.495 e. The van der Waals surface area contributed by atoms with Crippen LogP contribution in [0, 0.1) is 0 Å². The molecule has 1 N–H and O–H groups in total. The number of anilines is 1. The summed E-state index contributed by atoms with van der Waals surface area (Å²) in [7, 11) is 1.48. The molecule has 1 unspecified atom stereocenters. The zero-order chi connectivity index (χ0) is 13.3. The molecule has 18 heavy (non-hydrogen) atoms. The molecule has 0 radical (unpaired) electrons. The molecule has 1 aromatic carbocycles. The Kier molecular flexibility index (Phi) is 3.47. The summed E-state index contributed by atoms with van der Waals surface area (Å²) in [5.74, 6) is -0.625. The van der Waals surface area contributed by atoms with Crippen molar-refractivity contribution in [1.82, 2.24) is 0 Å². The summed E-state index contributed by atoms with van der Waals surface area (Å²) in [5, 5.41) is 8.94. The summed E-state index contributed by atoms with van der Waals surface area (Å²) in [4.78, 5) is 24.3. The number of benzene rings is 1. The summed E-state index contributed by atoms with van der Waals surface area (Å²) in [6.45, 7) is 0.460. The minimum Gasteiger partial charge on any atom is -0.495 e. The number of thiol groups is 1. The first kappa shape index (κ1) is 12.8. The van der Waals surface area contributed by atoms with E-state index in [9.17, 15) is 9.59 Å². The van der Waals surface area contributed by atoms with Gasteiger partial charge in [-0.05, 0) is 18.2 Å². The predicted octanol–water partition coefficient (Wildman–Crippen LogP) is 1.43. The third kappa shape index (κ3) is 2.28. The fraction of sp³-hybridized carbons (Fsp3) is 0.333. The van der Waals surface area contributed by atoms with Crippen LogP contribution >= 0.6 is 12.6 Å². The molecule has 2 rings (SSSR count). The molecule has 1 saturated heterocycles. The summed E-state index contributed by atoms with van der Waals surface area (Å²) < 4.78 is 5.16. The number of amides is 1. The van der Waals surface area contributed by atoms with Crippen molar-refractivity contribution in [2.45, 2.75) is 11.7 Å². The maximum atomic E-state index is 11.8. The van der Waals surface area contributed by atoms with Gasteiger partial charge in [0, 0.05) is 18.2 Å². The van der Waals surface area contributed by atoms with Crippen LogP contribution in [0.25, 0.3) is 0 Å². The third-order valence-corrected chi connectivity index (χ3v) is 3.17. The van der Waals surface area contributed by atoms with E-state index >= 15 is 0 Å². The van der Waals surface area contributed by atoms with Crippen LogP contribution in [-0.2, 0) is 4.79 Å². The van der Waals surface area contributed by atoms with Gasteiger partial charge in [0.2, 0.25) is 5.91 Å². The van der Waals surface area contributed by atoms with E-state index in [1.807, 2.05) is 0 Å². The lowest BCUT2D eigenvalue weighted by Crippen LogP contribution is -2.25. The van der Waals surface area contributed by atoms with E-state index in [1.54, 1.807) is 6.07 Å². The second-order valence-corrected chi connectivity index (χ2v) is 4.78. The Balaban J connectivity index is 2.44. The Morgan fingerprint density at radius 2 is 2.28 bits per heavy atom. The van der Waals surface area contributed by atoms with Crippen molar-refractivity contribution in [3.8, 4) is 5.75 Å². The first-order valence-corrected chi connectivity index (χ1v) is 5.94. The van der Waals surface area contributed by atoms with E-state index in [0.717, 1.165) is 0 Å². The topological polar surface area (TPSA) is 66.8 Å². The average Bonchev–Trinajstić information content (AvgIpc) is 2.67. The highest BCUT2D eigenvalue weighted by molar-refractivity contribution is 7.81. The Morgan fingerprint density at radius 1 is 1.56 bits per heavy atom. The number of aromatic carboxylic acids is 1. The molecule has 1 aromatic rings. The standard InChI is InChI=1S/C12H13NO4S/c1-17-10-3-2-7(12(15)16)4-9(10)13-6-8(18)5-11(13)14/h2-4,8,18H,5-6H2,1H3,(H,15,16). The van der Waals surface area contributed by atoms with Crippen molar-refractivity contribution in [1.29, 1.82) is 0 Å². The quantitative estimate of drug-likeness (QED) is 0.813. The van der Waals surface area contributed by atoms with Crippen LogP contribution < -0.4 is 9.64 Å². The Morgan fingerprint density at radius 3 is 2.78 bits per heavy atom. The zero-order valence-electron chi connectivity index (χ0n) is 9.79. The number of methoxy groups -OCH3 is 1. The Labute approximate surface area is 110 Å². The molecular formula is C12H13NO4S. The van der Waals surface area contributed by atoms with E-state index in [1.165, 1.54) is 24.1 Å². The number of carbonyl (C=O) groups excluding carboxylic acids is 1. The van der Waals surface area contributed by atoms with Crippen molar-refractivity contribution >= 4 is 30.2 Å². The normalized spacial score (nSPS) is 19.1. The van der Waals surface area contributed by atoms with E-state index < -0.39 is 5.97 Å². The lowest BCUT2D eigenvalue weighted by molar-refractivity contribution is -0.117. The summed E-state index contributed by atoms with van der Waals surface area (Å²) >= 11 is 4.27. The Hall–Kier alpha value is -1.69. The number of hydrogen-bond donors (Lipinski definition) is 2. The minimum absolute atomic E-state index is 0.0318. The van der Waals surface area contributed by atoms with Gasteiger partial charge in [-0.15, -0.1) is 0 Å². The van der Waals surface area contributed by atoms with E-state index in [0.29, 0.717) is 24.4 Å². The molecule has 5 nitrogen and oxygen atoms in total. The molecule has 1 atom stereocenters. The molecule has 96 valence electrons. The van der Waals surface area contributed by atoms with Crippen molar-refractivity contribution in [2.24, 2.45) is 0 Å². The molecule has 1 aliphatic rings. The van der Waals surface area contributed by atoms with Gasteiger partial charge < -0.3 is 14.7 Å². The molecule has 0 saturated carbocycles. The first-order valence-electron chi connectivity index (χ1n) is 5.42. The summed E-state index contributed by atoms with van der Waals surface area (Å²) in [5.41, 5.74) is 0.611. The number of nitrogens with zero attached hydrogens (tertiary/aromatic N) is 1. The molecular weight excluding hydrogens is 254 g/mol. The third-order valence-electron chi connectivity index (χ3n) is 2.82. The highest BCUT2D eigenvalue weighted by Crippen LogP contribution is 2.33. The predicted molar refractivity (Wildman–Crippen MR) is 69.7 cm³/mol. The second kappa shape index (κ2) is 4.89. The summed E-state index contributed by atoms with van der Waals surface area (Å²) in [6.07, 6.45) is 0.351. The van der Waals surface area contributed by atoms with Crippen LogP contribution in [0.5, 0.6) is 5.75 Å². The molecule has 1 aliphatic heterocycles. The molecule has 1 heterocycles. The highest BCUT2D eigenvalue weighted by Gasteiger charge is 2.30. The van der Waals surface area contributed by atoms with Gasteiger partial charge >= 0.3 is 5.97 Å². The minimum atomic E-state index is -1.03. The fourth-order valence-electron chi connectivity index (χ4n) is 1.96. The molecule has 0 bridgehead atoms. The maximum Gasteiger partial charge on any atom is 0.335 e. The number of carboxylic acid groups (broad SMARTS) is 1. The second-order valence-electron chi connectivity index (χ2n) is 4.05. The number of carboxylic acids is 1. The molecule has 1 fully saturated rings. The van der Waals surface area contributed by atoms with Gasteiger partial charge in [-0.25, -0.2) is 4.79 Å². The maximum absolute atomic E-state index is 11.8. The number of ether oxygens (including phenoxy) is 1. The first-order chi connectivity index (χ1) is 8.52. The fourth-order valence-corrected chi connectivity index (χ4v) is 2.28. The van der Waals surface area contributed by atoms with Crippen molar-refractivity contribution in [3.63, 3.8) is 0 Å². The van der Waals surface area contributed by atoms with Crippen LogP contribution in [-0.4, -0.2) is 35.9 Å². The molecule has 1 amide bonds. The molecule has 0 aliphatic carbocycles. The summed E-state index contributed by atoms with van der Waals surface area (Å²) in [6, 6.07) is 4.45. The number of hydrogen-bond acceptors (Lipinski definition) is 4. The van der Waals surface area contributed by atoms with Crippen molar-refractivity contribution < 1.29 is 19.4 Å². The highest BCUT2D eigenvalue weighted by atomic mass is 32.1. The molecule has 6 heteroatoms. The van der Waals surface area contributed by atoms with Gasteiger partial charge in [0.1, 0.15) is 5.75 Å². The number of rotatable bonds is 3. The van der Waals surface area contributed by atoms with Crippen LogP contribution in [0.15, 0.2) is 18.2 Å². The van der Waals surface area contributed by atoms with Gasteiger partial charge in [0.25, 0.3) is 0 Å². The van der Waals surface area contributed by atoms with Gasteiger partial charge in [0.15, 0.2) is 0 Å². The number of carbonyl (C=O) groups is 2. The van der Waals surface area contributed by atoms with E-state index in [4.69, 9.17) is 9.84 Å². The smallest absolute Gasteiger partial charge is 0.335 e.